The Hall–Kier alpha value is -3.56. The third-order valence-corrected chi connectivity index (χ3v) is 7.91. The number of amides is 4. The molecule has 4 amide bonds. The van der Waals surface area contributed by atoms with E-state index in [4.69, 9.17) is 10.5 Å². The molecule has 0 radical (unpaired) electrons. The number of para-hydroxylation sites is 1. The van der Waals surface area contributed by atoms with Gasteiger partial charge in [-0.2, -0.15) is 0 Å². The second kappa shape index (κ2) is 8.53. The molecule has 4 heterocycles. The van der Waals surface area contributed by atoms with Crippen molar-refractivity contribution < 1.29 is 23.9 Å². The molecule has 2 aromatic carbocycles. The van der Waals surface area contributed by atoms with E-state index in [-0.39, 0.29) is 30.4 Å². The van der Waals surface area contributed by atoms with Crippen molar-refractivity contribution in [3.8, 4) is 5.75 Å². The van der Waals surface area contributed by atoms with Crippen LogP contribution in [0.4, 0.5) is 0 Å². The fraction of sp³-hybridized carbons (Fsp3) is 0.407. The summed E-state index contributed by atoms with van der Waals surface area (Å²) in [5.74, 6) is -1.07. The van der Waals surface area contributed by atoms with Crippen LogP contribution in [0.25, 0.3) is 0 Å². The summed E-state index contributed by atoms with van der Waals surface area (Å²) in [6.45, 7) is 2.31. The Balaban J connectivity index is 1.13. The van der Waals surface area contributed by atoms with Crippen LogP contribution in [-0.4, -0.2) is 58.2 Å². The molecule has 9 heteroatoms. The second-order valence-electron chi connectivity index (χ2n) is 10.2. The number of nitrogens with zero attached hydrogens (tertiary/aromatic N) is 2. The zero-order valence-corrected chi connectivity index (χ0v) is 19.9. The number of piperidine rings is 2. The first-order valence-electron chi connectivity index (χ1n) is 12.4. The number of carbonyl (C=O) groups excluding carboxylic acids is 4. The van der Waals surface area contributed by atoms with Crippen LogP contribution in [0.5, 0.6) is 5.75 Å². The normalized spacial score (nSPS) is 25.4. The van der Waals surface area contributed by atoms with Crippen LogP contribution in [0.15, 0.2) is 42.5 Å². The van der Waals surface area contributed by atoms with Gasteiger partial charge in [-0.25, -0.2) is 0 Å². The van der Waals surface area contributed by atoms with Crippen molar-refractivity contribution in [2.24, 2.45) is 5.73 Å². The minimum Gasteiger partial charge on any atom is -0.487 e. The summed E-state index contributed by atoms with van der Waals surface area (Å²) in [6.07, 6.45) is 2.77. The van der Waals surface area contributed by atoms with Crippen LogP contribution in [-0.2, 0) is 16.1 Å². The van der Waals surface area contributed by atoms with Gasteiger partial charge >= 0.3 is 0 Å². The summed E-state index contributed by atoms with van der Waals surface area (Å²) in [5.41, 5.74) is 8.82. The number of rotatable bonds is 3. The van der Waals surface area contributed by atoms with Crippen LogP contribution in [0.1, 0.15) is 70.0 Å². The molecule has 0 aromatic heterocycles. The molecule has 0 aliphatic carbocycles. The lowest BCUT2D eigenvalue weighted by Crippen LogP contribution is -2.54. The third-order valence-electron chi connectivity index (χ3n) is 7.91. The first kappa shape index (κ1) is 22.9. The Morgan fingerprint density at radius 2 is 1.75 bits per heavy atom. The van der Waals surface area contributed by atoms with Gasteiger partial charge in [0.15, 0.2) is 0 Å². The van der Waals surface area contributed by atoms with Gasteiger partial charge < -0.3 is 10.5 Å². The van der Waals surface area contributed by atoms with E-state index in [1.807, 2.05) is 30.3 Å². The van der Waals surface area contributed by atoms with Gasteiger partial charge in [0.1, 0.15) is 17.4 Å². The fourth-order valence-corrected chi connectivity index (χ4v) is 5.97. The minimum absolute atomic E-state index is 0.0333. The predicted octanol–water partition coefficient (Wildman–Crippen LogP) is 1.90. The number of imide groups is 2. The molecule has 6 rings (SSSR count). The molecule has 4 aliphatic rings. The number of hydrogen-bond acceptors (Lipinski definition) is 7. The largest absolute Gasteiger partial charge is 0.487 e. The highest BCUT2D eigenvalue weighted by molar-refractivity contribution is 6.23. The number of likely N-dealkylation sites (tertiary alicyclic amines) is 1. The standard InChI is InChI=1S/C27H28N4O5/c28-20-14-27(36-22-4-2-1-3-18(20)22)9-11-30(12-10-27)15-16-5-6-17-19(13-16)26(35)31(25(17)34)21-7-8-23(32)29-24(21)33/h1-6,13,20-21H,7-12,14-15,28H2,(H,29,32,33). The maximum absolute atomic E-state index is 13.1. The van der Waals surface area contributed by atoms with Crippen molar-refractivity contribution >= 4 is 23.6 Å². The van der Waals surface area contributed by atoms with Crippen molar-refractivity contribution in [3.05, 3.63) is 64.7 Å². The monoisotopic (exact) mass is 488 g/mol. The summed E-state index contributed by atoms with van der Waals surface area (Å²) < 4.78 is 6.45. The number of ether oxygens (including phenoxy) is 1. The minimum atomic E-state index is -0.955. The fourth-order valence-electron chi connectivity index (χ4n) is 5.97. The van der Waals surface area contributed by atoms with E-state index in [1.165, 1.54) is 0 Å². The van der Waals surface area contributed by atoms with E-state index in [2.05, 4.69) is 10.2 Å². The van der Waals surface area contributed by atoms with E-state index in [9.17, 15) is 19.2 Å². The Bertz CT molecular complexity index is 1280. The highest BCUT2D eigenvalue weighted by Crippen LogP contribution is 2.43. The molecular weight excluding hydrogens is 460 g/mol. The van der Waals surface area contributed by atoms with Crippen LogP contribution in [0.2, 0.25) is 0 Å². The molecule has 2 atom stereocenters. The van der Waals surface area contributed by atoms with Crippen LogP contribution >= 0.6 is 0 Å². The smallest absolute Gasteiger partial charge is 0.262 e. The van der Waals surface area contributed by atoms with Gasteiger partial charge in [0, 0.05) is 44.1 Å². The molecule has 36 heavy (non-hydrogen) atoms. The highest BCUT2D eigenvalue weighted by Gasteiger charge is 2.45. The van der Waals surface area contributed by atoms with Gasteiger partial charge in [0.2, 0.25) is 11.8 Å². The summed E-state index contributed by atoms with van der Waals surface area (Å²) in [7, 11) is 0. The molecule has 4 aliphatic heterocycles. The lowest BCUT2D eigenvalue weighted by molar-refractivity contribution is -0.136. The molecule has 186 valence electrons. The molecule has 2 unspecified atom stereocenters. The van der Waals surface area contributed by atoms with Crippen LogP contribution in [0.3, 0.4) is 0 Å². The zero-order chi connectivity index (χ0) is 25.0. The number of benzene rings is 2. The Morgan fingerprint density at radius 1 is 1.00 bits per heavy atom. The average Bonchev–Trinajstić information content (AvgIpc) is 3.10. The van der Waals surface area contributed by atoms with E-state index in [0.717, 1.165) is 54.1 Å². The molecule has 2 fully saturated rings. The van der Waals surface area contributed by atoms with Gasteiger partial charge in [-0.05, 0) is 43.0 Å². The van der Waals surface area contributed by atoms with Gasteiger partial charge in [-0.15, -0.1) is 0 Å². The van der Waals surface area contributed by atoms with Crippen molar-refractivity contribution in [3.63, 3.8) is 0 Å². The molecule has 2 aromatic rings. The van der Waals surface area contributed by atoms with Gasteiger partial charge in [-0.3, -0.25) is 34.3 Å². The van der Waals surface area contributed by atoms with Gasteiger partial charge in [-0.1, -0.05) is 24.3 Å². The lowest BCUT2D eigenvalue weighted by Gasteiger charge is -2.46. The number of nitrogens with two attached hydrogens (primary N) is 1. The highest BCUT2D eigenvalue weighted by atomic mass is 16.5. The molecule has 9 nitrogen and oxygen atoms in total. The maximum Gasteiger partial charge on any atom is 0.262 e. The second-order valence-corrected chi connectivity index (χ2v) is 10.2. The number of hydrogen-bond donors (Lipinski definition) is 2. The molecule has 3 N–H and O–H groups in total. The quantitative estimate of drug-likeness (QED) is 0.633. The van der Waals surface area contributed by atoms with Crippen molar-refractivity contribution in [1.82, 2.24) is 15.1 Å². The van der Waals surface area contributed by atoms with Crippen molar-refractivity contribution in [1.29, 1.82) is 0 Å². The lowest BCUT2D eigenvalue weighted by atomic mass is 9.81. The molecule has 1 spiro atoms. The predicted molar refractivity (Wildman–Crippen MR) is 129 cm³/mol. The van der Waals surface area contributed by atoms with E-state index >= 15 is 0 Å². The molecule has 2 saturated heterocycles. The van der Waals surface area contributed by atoms with Gasteiger partial charge in [0.25, 0.3) is 11.8 Å². The first-order chi connectivity index (χ1) is 17.3. The molecule has 0 bridgehead atoms. The topological polar surface area (TPSA) is 122 Å². The van der Waals surface area contributed by atoms with Gasteiger partial charge in [0.05, 0.1) is 11.1 Å². The summed E-state index contributed by atoms with van der Waals surface area (Å²) in [6, 6.07) is 12.3. The summed E-state index contributed by atoms with van der Waals surface area (Å²) in [5, 5.41) is 2.22. The van der Waals surface area contributed by atoms with Crippen molar-refractivity contribution in [2.75, 3.05) is 13.1 Å². The van der Waals surface area contributed by atoms with E-state index < -0.39 is 23.8 Å². The third kappa shape index (κ3) is 3.79. The summed E-state index contributed by atoms with van der Waals surface area (Å²) >= 11 is 0. The molecular formula is C27H28N4O5. The molecule has 0 saturated carbocycles. The number of fused-ring (bicyclic) bond motifs is 2. The maximum atomic E-state index is 13.1. The average molecular weight is 489 g/mol. The van der Waals surface area contributed by atoms with Crippen LogP contribution in [0, 0.1) is 0 Å². The number of nitrogens with one attached hydrogen (secondary N) is 1. The Kier molecular flexibility index (Phi) is 5.42. The van der Waals surface area contributed by atoms with E-state index in [1.54, 1.807) is 12.1 Å². The summed E-state index contributed by atoms with van der Waals surface area (Å²) in [4.78, 5) is 53.1. The Labute approximate surface area is 208 Å². The van der Waals surface area contributed by atoms with E-state index in [0.29, 0.717) is 17.7 Å². The van der Waals surface area contributed by atoms with Crippen LogP contribution < -0.4 is 15.8 Å². The first-order valence-corrected chi connectivity index (χ1v) is 12.4. The SMILES string of the molecule is NC1CC2(CCN(Cc3ccc4c(c3)C(=O)N(C3CCC(=O)NC3=O)C4=O)CC2)Oc2ccccc21. The Morgan fingerprint density at radius 3 is 2.53 bits per heavy atom. The zero-order valence-electron chi connectivity index (χ0n) is 19.9. The van der Waals surface area contributed by atoms with Crippen molar-refractivity contribution in [2.45, 2.75) is 56.3 Å². The number of carbonyl (C=O) groups is 4.